The normalized spacial score (nSPS) is 20.4. The standard InChI is InChI=1S/C12H16N2O2/c15-12(10-5-2-1-3-6-10)14-16-11-7-4-8-13-9-11/h1-3,5-6,11,13H,4,7-9H2,(H,14,15). The smallest absolute Gasteiger partial charge is 0.274 e. The highest BCUT2D eigenvalue weighted by atomic mass is 16.7. The van der Waals surface area contributed by atoms with Gasteiger partial charge in [-0.1, -0.05) is 18.2 Å². The van der Waals surface area contributed by atoms with E-state index in [-0.39, 0.29) is 12.0 Å². The van der Waals surface area contributed by atoms with Crippen LogP contribution in [0.4, 0.5) is 0 Å². The molecule has 1 aromatic rings. The van der Waals surface area contributed by atoms with Gasteiger partial charge in [-0.15, -0.1) is 0 Å². The molecule has 1 aliphatic heterocycles. The van der Waals surface area contributed by atoms with Gasteiger partial charge in [0.15, 0.2) is 0 Å². The number of carbonyl (C=O) groups is 1. The molecule has 1 saturated heterocycles. The zero-order valence-corrected chi connectivity index (χ0v) is 9.11. The van der Waals surface area contributed by atoms with Crippen molar-refractivity contribution in [2.45, 2.75) is 18.9 Å². The summed E-state index contributed by atoms with van der Waals surface area (Å²) in [6.45, 7) is 1.83. The number of hydrogen-bond acceptors (Lipinski definition) is 3. The Morgan fingerprint density at radius 1 is 1.38 bits per heavy atom. The fraction of sp³-hybridized carbons (Fsp3) is 0.417. The van der Waals surface area contributed by atoms with Crippen LogP contribution in [0.25, 0.3) is 0 Å². The Kier molecular flexibility index (Phi) is 3.91. The summed E-state index contributed by atoms with van der Waals surface area (Å²) in [5, 5.41) is 3.22. The first-order valence-corrected chi connectivity index (χ1v) is 5.58. The Hall–Kier alpha value is -1.39. The van der Waals surface area contributed by atoms with Gasteiger partial charge in [0.1, 0.15) is 0 Å². The molecule has 0 spiro atoms. The Morgan fingerprint density at radius 2 is 2.19 bits per heavy atom. The summed E-state index contributed by atoms with van der Waals surface area (Å²) in [6.07, 6.45) is 2.16. The van der Waals surface area contributed by atoms with Crippen molar-refractivity contribution in [1.29, 1.82) is 0 Å². The zero-order chi connectivity index (χ0) is 11.2. The maximum atomic E-state index is 11.6. The molecule has 0 saturated carbocycles. The second-order valence-electron chi connectivity index (χ2n) is 3.88. The Bertz CT molecular complexity index is 334. The lowest BCUT2D eigenvalue weighted by atomic mass is 10.1. The van der Waals surface area contributed by atoms with Gasteiger partial charge < -0.3 is 5.32 Å². The number of hydroxylamine groups is 1. The van der Waals surface area contributed by atoms with E-state index in [1.807, 2.05) is 18.2 Å². The van der Waals surface area contributed by atoms with Crippen LogP contribution in [-0.4, -0.2) is 25.1 Å². The van der Waals surface area contributed by atoms with Gasteiger partial charge in [-0.25, -0.2) is 5.48 Å². The van der Waals surface area contributed by atoms with E-state index < -0.39 is 0 Å². The molecule has 1 aromatic carbocycles. The number of benzene rings is 1. The monoisotopic (exact) mass is 220 g/mol. The molecule has 0 bridgehead atoms. The van der Waals surface area contributed by atoms with Gasteiger partial charge in [0.2, 0.25) is 0 Å². The molecule has 1 atom stereocenters. The van der Waals surface area contributed by atoms with Crippen molar-refractivity contribution in [3.05, 3.63) is 35.9 Å². The first kappa shape index (κ1) is 11.1. The average molecular weight is 220 g/mol. The van der Waals surface area contributed by atoms with E-state index in [2.05, 4.69) is 10.8 Å². The van der Waals surface area contributed by atoms with Crippen molar-refractivity contribution < 1.29 is 9.63 Å². The van der Waals surface area contributed by atoms with Gasteiger partial charge in [-0.2, -0.15) is 0 Å². The molecule has 4 heteroatoms. The molecule has 1 amide bonds. The first-order valence-electron chi connectivity index (χ1n) is 5.58. The predicted molar refractivity (Wildman–Crippen MR) is 60.9 cm³/mol. The molecule has 2 N–H and O–H groups in total. The minimum absolute atomic E-state index is 0.0846. The van der Waals surface area contributed by atoms with Crippen molar-refractivity contribution in [3.8, 4) is 0 Å². The molecule has 16 heavy (non-hydrogen) atoms. The van der Waals surface area contributed by atoms with Crippen LogP contribution in [-0.2, 0) is 4.84 Å². The molecule has 0 aromatic heterocycles. The van der Waals surface area contributed by atoms with E-state index >= 15 is 0 Å². The van der Waals surface area contributed by atoms with Gasteiger partial charge in [-0.3, -0.25) is 9.63 Å². The predicted octanol–water partition coefficient (Wildman–Crippen LogP) is 1.10. The number of piperidine rings is 1. The first-order chi connectivity index (χ1) is 7.86. The molecule has 1 aliphatic rings. The van der Waals surface area contributed by atoms with Crippen LogP contribution in [0, 0.1) is 0 Å². The summed E-state index contributed by atoms with van der Waals surface area (Å²) in [6, 6.07) is 9.06. The summed E-state index contributed by atoms with van der Waals surface area (Å²) in [7, 11) is 0. The van der Waals surface area contributed by atoms with Crippen LogP contribution < -0.4 is 10.8 Å². The lowest BCUT2D eigenvalue weighted by Gasteiger charge is -2.22. The third-order valence-corrected chi connectivity index (χ3v) is 2.61. The van der Waals surface area contributed by atoms with Crippen LogP contribution in [0.3, 0.4) is 0 Å². The molecule has 1 heterocycles. The van der Waals surface area contributed by atoms with E-state index in [9.17, 15) is 4.79 Å². The number of carbonyl (C=O) groups excluding carboxylic acids is 1. The number of rotatable bonds is 3. The van der Waals surface area contributed by atoms with Gasteiger partial charge >= 0.3 is 0 Å². The van der Waals surface area contributed by atoms with Crippen molar-refractivity contribution >= 4 is 5.91 Å². The molecular formula is C12H16N2O2. The van der Waals surface area contributed by atoms with E-state index in [0.29, 0.717) is 5.56 Å². The molecule has 1 fully saturated rings. The lowest BCUT2D eigenvalue weighted by molar-refractivity contribution is -0.0251. The van der Waals surface area contributed by atoms with Crippen LogP contribution in [0.1, 0.15) is 23.2 Å². The zero-order valence-electron chi connectivity index (χ0n) is 9.11. The summed E-state index contributed by atoms with van der Waals surface area (Å²) >= 11 is 0. The fourth-order valence-electron chi connectivity index (χ4n) is 1.71. The number of hydrogen-bond donors (Lipinski definition) is 2. The molecule has 2 rings (SSSR count). The van der Waals surface area contributed by atoms with Crippen LogP contribution in [0.2, 0.25) is 0 Å². The van der Waals surface area contributed by atoms with E-state index in [1.54, 1.807) is 12.1 Å². The summed E-state index contributed by atoms with van der Waals surface area (Å²) in [5.74, 6) is -0.189. The molecular weight excluding hydrogens is 204 g/mol. The molecule has 86 valence electrons. The summed E-state index contributed by atoms with van der Waals surface area (Å²) in [4.78, 5) is 17.0. The minimum Gasteiger partial charge on any atom is -0.314 e. The average Bonchev–Trinajstić information content (AvgIpc) is 2.38. The van der Waals surface area contributed by atoms with Crippen LogP contribution in [0.15, 0.2) is 30.3 Å². The topological polar surface area (TPSA) is 50.4 Å². The molecule has 4 nitrogen and oxygen atoms in total. The maximum Gasteiger partial charge on any atom is 0.274 e. The van der Waals surface area contributed by atoms with Crippen molar-refractivity contribution in [3.63, 3.8) is 0 Å². The SMILES string of the molecule is O=C(NOC1CCCNC1)c1ccccc1. The van der Waals surface area contributed by atoms with Gasteiger partial charge in [0.05, 0.1) is 6.10 Å². The minimum atomic E-state index is -0.189. The second-order valence-corrected chi connectivity index (χ2v) is 3.88. The summed E-state index contributed by atoms with van der Waals surface area (Å²) in [5.41, 5.74) is 3.11. The van der Waals surface area contributed by atoms with Crippen LogP contribution >= 0.6 is 0 Å². The number of amides is 1. The number of nitrogens with one attached hydrogen (secondary N) is 2. The summed E-state index contributed by atoms with van der Waals surface area (Å²) < 4.78 is 0. The highest BCUT2D eigenvalue weighted by molar-refractivity contribution is 5.93. The maximum absolute atomic E-state index is 11.6. The Morgan fingerprint density at radius 3 is 2.88 bits per heavy atom. The van der Waals surface area contributed by atoms with E-state index in [4.69, 9.17) is 4.84 Å². The molecule has 0 radical (unpaired) electrons. The van der Waals surface area contributed by atoms with Crippen molar-refractivity contribution in [1.82, 2.24) is 10.8 Å². The Balaban J connectivity index is 1.79. The Labute approximate surface area is 94.9 Å². The van der Waals surface area contributed by atoms with E-state index in [0.717, 1.165) is 25.9 Å². The quantitative estimate of drug-likeness (QED) is 0.750. The highest BCUT2D eigenvalue weighted by Gasteiger charge is 2.15. The van der Waals surface area contributed by atoms with E-state index in [1.165, 1.54) is 0 Å². The fourth-order valence-corrected chi connectivity index (χ4v) is 1.71. The molecule has 1 unspecified atom stereocenters. The van der Waals surface area contributed by atoms with Gasteiger partial charge in [-0.05, 0) is 31.5 Å². The van der Waals surface area contributed by atoms with Gasteiger partial charge in [0, 0.05) is 12.1 Å². The van der Waals surface area contributed by atoms with Crippen LogP contribution in [0.5, 0.6) is 0 Å². The van der Waals surface area contributed by atoms with Crippen molar-refractivity contribution in [2.24, 2.45) is 0 Å². The third-order valence-electron chi connectivity index (χ3n) is 2.61. The largest absolute Gasteiger partial charge is 0.314 e. The van der Waals surface area contributed by atoms with Gasteiger partial charge in [0.25, 0.3) is 5.91 Å². The third kappa shape index (κ3) is 3.05. The molecule has 0 aliphatic carbocycles. The highest BCUT2D eigenvalue weighted by Crippen LogP contribution is 2.05. The van der Waals surface area contributed by atoms with Crippen molar-refractivity contribution in [2.75, 3.05) is 13.1 Å². The lowest BCUT2D eigenvalue weighted by Crippen LogP contribution is -2.40. The second kappa shape index (κ2) is 5.63.